The van der Waals surface area contributed by atoms with Gasteiger partial charge in [0.1, 0.15) is 5.69 Å². The molecule has 2 aromatic heterocycles. The number of rotatable bonds is 5. The monoisotopic (exact) mass is 344 g/mol. The molecular weight excluding hydrogens is 324 g/mol. The van der Waals surface area contributed by atoms with Crippen molar-refractivity contribution < 1.29 is 9.32 Å². The highest BCUT2D eigenvalue weighted by Crippen LogP contribution is 2.24. The van der Waals surface area contributed by atoms with E-state index in [1.807, 2.05) is 50.4 Å². The van der Waals surface area contributed by atoms with Gasteiger partial charge in [-0.1, -0.05) is 11.2 Å². The van der Waals surface area contributed by atoms with Gasteiger partial charge in [-0.25, -0.2) is 4.98 Å². The van der Waals surface area contributed by atoms with Gasteiger partial charge in [0, 0.05) is 17.3 Å². The summed E-state index contributed by atoms with van der Waals surface area (Å²) in [5.41, 5.74) is 4.49. The summed E-state index contributed by atoms with van der Waals surface area (Å²) in [6.07, 6.45) is 0.165. The van der Waals surface area contributed by atoms with Crippen LogP contribution in [0.1, 0.15) is 22.5 Å². The SMILES string of the molecule is Cc1cc(C)c2onc(CC(=O)Nc3nc(CN(C)C)cs3)c2c1. The van der Waals surface area contributed by atoms with Crippen LogP contribution < -0.4 is 5.32 Å². The molecular formula is C17H20N4O2S. The Hall–Kier alpha value is -2.25. The fourth-order valence-electron chi connectivity index (χ4n) is 2.64. The van der Waals surface area contributed by atoms with Crippen LogP contribution in [0.5, 0.6) is 0 Å². The molecule has 24 heavy (non-hydrogen) atoms. The van der Waals surface area contributed by atoms with Crippen molar-refractivity contribution in [1.29, 1.82) is 0 Å². The van der Waals surface area contributed by atoms with Crippen LogP contribution in [0.4, 0.5) is 5.13 Å². The van der Waals surface area contributed by atoms with E-state index in [0.29, 0.717) is 10.8 Å². The maximum atomic E-state index is 12.3. The van der Waals surface area contributed by atoms with Gasteiger partial charge in [-0.05, 0) is 45.1 Å². The summed E-state index contributed by atoms with van der Waals surface area (Å²) in [5.74, 6) is -0.143. The zero-order valence-corrected chi connectivity index (χ0v) is 15.0. The van der Waals surface area contributed by atoms with Gasteiger partial charge in [0.15, 0.2) is 10.7 Å². The maximum Gasteiger partial charge on any atom is 0.232 e. The van der Waals surface area contributed by atoms with Crippen molar-refractivity contribution >= 4 is 33.3 Å². The van der Waals surface area contributed by atoms with E-state index in [1.165, 1.54) is 11.3 Å². The first-order valence-corrected chi connectivity index (χ1v) is 8.55. The number of carbonyl (C=O) groups excluding carboxylic acids is 1. The zero-order valence-electron chi connectivity index (χ0n) is 14.2. The largest absolute Gasteiger partial charge is 0.356 e. The summed E-state index contributed by atoms with van der Waals surface area (Å²) in [7, 11) is 3.97. The molecule has 0 fully saturated rings. The minimum atomic E-state index is -0.143. The molecule has 6 nitrogen and oxygen atoms in total. The lowest BCUT2D eigenvalue weighted by Crippen LogP contribution is -2.15. The highest BCUT2D eigenvalue weighted by atomic mass is 32.1. The van der Waals surface area contributed by atoms with Gasteiger partial charge in [0.05, 0.1) is 12.1 Å². The number of hydrogen-bond donors (Lipinski definition) is 1. The smallest absolute Gasteiger partial charge is 0.232 e. The molecule has 7 heteroatoms. The second kappa shape index (κ2) is 6.70. The van der Waals surface area contributed by atoms with Gasteiger partial charge in [-0.15, -0.1) is 11.3 Å². The lowest BCUT2D eigenvalue weighted by molar-refractivity contribution is -0.115. The lowest BCUT2D eigenvalue weighted by atomic mass is 10.1. The van der Waals surface area contributed by atoms with Crippen molar-refractivity contribution in [3.05, 3.63) is 40.0 Å². The Bertz CT molecular complexity index is 882. The average Bonchev–Trinajstić information content (AvgIpc) is 3.06. The van der Waals surface area contributed by atoms with Crippen LogP contribution in [0.25, 0.3) is 11.0 Å². The number of benzene rings is 1. The van der Waals surface area contributed by atoms with Gasteiger partial charge in [0.25, 0.3) is 0 Å². The third-order valence-electron chi connectivity index (χ3n) is 3.58. The number of amides is 1. The quantitative estimate of drug-likeness (QED) is 0.770. The van der Waals surface area contributed by atoms with E-state index in [0.717, 1.165) is 34.3 Å². The summed E-state index contributed by atoms with van der Waals surface area (Å²) in [6.45, 7) is 4.75. The van der Waals surface area contributed by atoms with E-state index < -0.39 is 0 Å². The Balaban J connectivity index is 1.72. The molecule has 0 radical (unpaired) electrons. The molecule has 126 valence electrons. The van der Waals surface area contributed by atoms with Crippen LogP contribution in [-0.4, -0.2) is 35.0 Å². The van der Waals surface area contributed by atoms with Gasteiger partial charge in [-0.3, -0.25) is 4.79 Å². The Kier molecular flexibility index (Phi) is 4.64. The van der Waals surface area contributed by atoms with Crippen molar-refractivity contribution in [2.24, 2.45) is 0 Å². The number of hydrogen-bond acceptors (Lipinski definition) is 6. The van der Waals surface area contributed by atoms with E-state index in [-0.39, 0.29) is 12.3 Å². The molecule has 1 N–H and O–H groups in total. The van der Waals surface area contributed by atoms with E-state index in [2.05, 4.69) is 15.5 Å². The normalized spacial score (nSPS) is 11.4. The maximum absolute atomic E-state index is 12.3. The van der Waals surface area contributed by atoms with Crippen LogP contribution in [-0.2, 0) is 17.8 Å². The molecule has 0 atom stereocenters. The second-order valence-electron chi connectivity index (χ2n) is 6.19. The van der Waals surface area contributed by atoms with E-state index in [1.54, 1.807) is 0 Å². The Morgan fingerprint density at radius 2 is 2.12 bits per heavy atom. The van der Waals surface area contributed by atoms with Crippen molar-refractivity contribution in [3.8, 4) is 0 Å². The van der Waals surface area contributed by atoms with Crippen LogP contribution in [0.2, 0.25) is 0 Å². The number of nitrogens with one attached hydrogen (secondary N) is 1. The fourth-order valence-corrected chi connectivity index (χ4v) is 3.36. The summed E-state index contributed by atoms with van der Waals surface area (Å²) in [4.78, 5) is 18.7. The van der Waals surface area contributed by atoms with Gasteiger partial charge < -0.3 is 14.7 Å². The molecule has 2 heterocycles. The zero-order chi connectivity index (χ0) is 17.3. The molecule has 0 spiro atoms. The highest BCUT2D eigenvalue weighted by Gasteiger charge is 2.15. The molecule has 0 unspecified atom stereocenters. The van der Waals surface area contributed by atoms with Crippen LogP contribution >= 0.6 is 11.3 Å². The second-order valence-corrected chi connectivity index (χ2v) is 7.05. The fraction of sp³-hybridized carbons (Fsp3) is 0.353. The van der Waals surface area contributed by atoms with Crippen LogP contribution in [0.3, 0.4) is 0 Å². The molecule has 0 aliphatic heterocycles. The first-order chi connectivity index (χ1) is 11.4. The summed E-state index contributed by atoms with van der Waals surface area (Å²) < 4.78 is 5.39. The molecule has 0 aliphatic rings. The van der Waals surface area contributed by atoms with Gasteiger partial charge in [-0.2, -0.15) is 0 Å². The topological polar surface area (TPSA) is 71.3 Å². The van der Waals surface area contributed by atoms with E-state index >= 15 is 0 Å². The van der Waals surface area contributed by atoms with Gasteiger partial charge >= 0.3 is 0 Å². The first-order valence-electron chi connectivity index (χ1n) is 7.67. The average molecular weight is 344 g/mol. The molecule has 1 aromatic carbocycles. The van der Waals surface area contributed by atoms with Crippen LogP contribution in [0.15, 0.2) is 22.0 Å². The molecule has 0 aliphatic carbocycles. The number of fused-ring (bicyclic) bond motifs is 1. The third-order valence-corrected chi connectivity index (χ3v) is 4.39. The minimum absolute atomic E-state index is 0.143. The van der Waals surface area contributed by atoms with Crippen molar-refractivity contribution in [1.82, 2.24) is 15.0 Å². The molecule has 0 bridgehead atoms. The number of carbonyl (C=O) groups is 1. The first kappa shape index (κ1) is 16.6. The Morgan fingerprint density at radius 1 is 1.33 bits per heavy atom. The minimum Gasteiger partial charge on any atom is -0.356 e. The third kappa shape index (κ3) is 3.63. The van der Waals surface area contributed by atoms with Crippen molar-refractivity contribution in [3.63, 3.8) is 0 Å². The Labute approximate surface area is 144 Å². The van der Waals surface area contributed by atoms with Crippen molar-refractivity contribution in [2.75, 3.05) is 19.4 Å². The Morgan fingerprint density at radius 3 is 2.88 bits per heavy atom. The van der Waals surface area contributed by atoms with E-state index in [4.69, 9.17) is 4.52 Å². The lowest BCUT2D eigenvalue weighted by Gasteiger charge is -2.05. The molecule has 1 amide bonds. The standard InChI is InChI=1S/C17H20N4O2S/c1-10-5-11(2)16-13(6-10)14(20-23-16)7-15(22)19-17-18-12(9-24-17)8-21(3)4/h5-6,9H,7-8H2,1-4H3,(H,18,19,22). The summed E-state index contributed by atoms with van der Waals surface area (Å²) >= 11 is 1.43. The molecule has 0 saturated heterocycles. The number of thiazole rings is 1. The predicted octanol–water partition coefficient (Wildman–Crippen LogP) is 3.14. The number of nitrogens with zero attached hydrogens (tertiary/aromatic N) is 3. The molecule has 3 aromatic rings. The number of anilines is 1. The van der Waals surface area contributed by atoms with Crippen molar-refractivity contribution in [2.45, 2.75) is 26.8 Å². The number of aromatic nitrogens is 2. The van der Waals surface area contributed by atoms with Gasteiger partial charge in [0.2, 0.25) is 5.91 Å². The number of aryl methyl sites for hydroxylation is 2. The summed E-state index contributed by atoms with van der Waals surface area (Å²) in [6, 6.07) is 4.04. The predicted molar refractivity (Wildman–Crippen MR) is 95.3 cm³/mol. The molecule has 3 rings (SSSR count). The van der Waals surface area contributed by atoms with E-state index in [9.17, 15) is 4.79 Å². The van der Waals surface area contributed by atoms with Crippen LogP contribution in [0, 0.1) is 13.8 Å². The molecule has 0 saturated carbocycles. The highest BCUT2D eigenvalue weighted by molar-refractivity contribution is 7.13. The summed E-state index contributed by atoms with van der Waals surface area (Å²) in [5, 5.41) is 10.4.